The number of nitrogens with zero attached hydrogens (tertiary/aromatic N) is 1. The van der Waals surface area contributed by atoms with Crippen LogP contribution in [0.15, 0.2) is 24.3 Å². The van der Waals surface area contributed by atoms with Crippen molar-refractivity contribution in [2.45, 2.75) is 13.3 Å². The molecule has 1 aromatic carbocycles. The molecule has 1 atom stereocenters. The van der Waals surface area contributed by atoms with Crippen molar-refractivity contribution in [2.75, 3.05) is 12.4 Å². The van der Waals surface area contributed by atoms with Gasteiger partial charge in [0.1, 0.15) is 5.92 Å². The van der Waals surface area contributed by atoms with E-state index in [2.05, 4.69) is 10.1 Å². The topological polar surface area (TPSA) is 79.2 Å². The van der Waals surface area contributed by atoms with Gasteiger partial charge in [-0.15, -0.1) is 0 Å². The molecular weight excluding hydrogens is 232 g/mol. The van der Waals surface area contributed by atoms with Crippen LogP contribution in [-0.2, 0) is 9.53 Å². The van der Waals surface area contributed by atoms with Crippen molar-refractivity contribution in [3.63, 3.8) is 0 Å². The Morgan fingerprint density at radius 1 is 1.44 bits per heavy atom. The van der Waals surface area contributed by atoms with Crippen molar-refractivity contribution in [1.29, 1.82) is 5.26 Å². The maximum Gasteiger partial charge on any atom is 0.339 e. The number of ether oxygens (including phenoxy) is 1. The summed E-state index contributed by atoms with van der Waals surface area (Å²) in [6, 6.07) is 8.41. The Morgan fingerprint density at radius 3 is 2.67 bits per heavy atom. The van der Waals surface area contributed by atoms with Crippen LogP contribution in [0, 0.1) is 17.2 Å². The van der Waals surface area contributed by atoms with E-state index in [0.29, 0.717) is 12.1 Å². The number of para-hydroxylation sites is 1. The summed E-state index contributed by atoms with van der Waals surface area (Å²) in [6.07, 6.45) is 0.419. The number of hydrogen-bond acceptors (Lipinski definition) is 4. The third kappa shape index (κ3) is 3.08. The maximum atomic E-state index is 11.8. The lowest BCUT2D eigenvalue weighted by Crippen LogP contribution is -2.22. The van der Waals surface area contributed by atoms with Crippen molar-refractivity contribution in [3.8, 4) is 6.07 Å². The zero-order valence-electron chi connectivity index (χ0n) is 10.3. The lowest BCUT2D eigenvalue weighted by atomic mass is 10.1. The highest BCUT2D eigenvalue weighted by Crippen LogP contribution is 2.17. The Kier molecular flexibility index (Phi) is 4.88. The molecule has 1 unspecified atom stereocenters. The van der Waals surface area contributed by atoms with Gasteiger partial charge in [0.05, 0.1) is 24.4 Å². The van der Waals surface area contributed by atoms with Crippen LogP contribution in [0.1, 0.15) is 23.7 Å². The van der Waals surface area contributed by atoms with Gasteiger partial charge in [0.2, 0.25) is 5.91 Å². The van der Waals surface area contributed by atoms with Crippen LogP contribution in [-0.4, -0.2) is 19.0 Å². The molecule has 1 N–H and O–H groups in total. The first-order valence-corrected chi connectivity index (χ1v) is 5.51. The van der Waals surface area contributed by atoms with Crippen molar-refractivity contribution in [2.24, 2.45) is 5.92 Å². The van der Waals surface area contributed by atoms with Crippen LogP contribution in [0.25, 0.3) is 0 Å². The van der Waals surface area contributed by atoms with E-state index in [-0.39, 0.29) is 5.56 Å². The largest absolute Gasteiger partial charge is 0.465 e. The Hall–Kier alpha value is -2.35. The molecule has 0 fully saturated rings. The van der Waals surface area contributed by atoms with Gasteiger partial charge in [-0.25, -0.2) is 4.79 Å². The molecule has 0 heterocycles. The monoisotopic (exact) mass is 246 g/mol. The molecule has 1 rings (SSSR count). The molecule has 18 heavy (non-hydrogen) atoms. The van der Waals surface area contributed by atoms with Gasteiger partial charge in [0, 0.05) is 0 Å². The molecule has 0 spiro atoms. The van der Waals surface area contributed by atoms with Crippen molar-refractivity contribution >= 4 is 17.6 Å². The third-order valence-electron chi connectivity index (χ3n) is 2.47. The van der Waals surface area contributed by atoms with Gasteiger partial charge < -0.3 is 10.1 Å². The number of rotatable bonds is 4. The lowest BCUT2D eigenvalue weighted by molar-refractivity contribution is -0.118. The normalized spacial score (nSPS) is 11.2. The zero-order valence-corrected chi connectivity index (χ0v) is 10.3. The third-order valence-corrected chi connectivity index (χ3v) is 2.47. The molecule has 0 bridgehead atoms. The molecule has 0 saturated carbocycles. The molecule has 0 aliphatic carbocycles. The van der Waals surface area contributed by atoms with Gasteiger partial charge in [-0.05, 0) is 18.6 Å². The van der Waals surface area contributed by atoms with Gasteiger partial charge in [0.25, 0.3) is 0 Å². The minimum Gasteiger partial charge on any atom is -0.465 e. The minimum absolute atomic E-state index is 0.265. The summed E-state index contributed by atoms with van der Waals surface area (Å²) in [4.78, 5) is 23.2. The lowest BCUT2D eigenvalue weighted by Gasteiger charge is -2.11. The number of benzene rings is 1. The Bertz CT molecular complexity index is 491. The van der Waals surface area contributed by atoms with Gasteiger partial charge in [-0.1, -0.05) is 19.1 Å². The number of carbonyl (C=O) groups excluding carboxylic acids is 2. The summed E-state index contributed by atoms with van der Waals surface area (Å²) in [5.41, 5.74) is 0.615. The standard InChI is InChI=1S/C13H14N2O3/c1-3-9(8-14)12(16)15-11-7-5-4-6-10(11)13(17)18-2/h4-7,9H,3H2,1-2H3,(H,15,16). The van der Waals surface area contributed by atoms with E-state index in [4.69, 9.17) is 5.26 Å². The number of methoxy groups -OCH3 is 1. The summed E-state index contributed by atoms with van der Waals surface area (Å²) < 4.78 is 4.62. The highest BCUT2D eigenvalue weighted by molar-refractivity contribution is 6.02. The number of hydrogen-bond donors (Lipinski definition) is 1. The second kappa shape index (κ2) is 6.40. The van der Waals surface area contributed by atoms with E-state index in [1.54, 1.807) is 31.2 Å². The fourth-order valence-electron chi connectivity index (χ4n) is 1.44. The van der Waals surface area contributed by atoms with E-state index < -0.39 is 17.8 Å². The second-order valence-corrected chi connectivity index (χ2v) is 3.62. The van der Waals surface area contributed by atoms with E-state index in [9.17, 15) is 9.59 Å². The first-order valence-electron chi connectivity index (χ1n) is 5.51. The fraction of sp³-hybridized carbons (Fsp3) is 0.308. The molecule has 0 aliphatic rings. The highest BCUT2D eigenvalue weighted by Gasteiger charge is 2.18. The second-order valence-electron chi connectivity index (χ2n) is 3.62. The molecule has 0 aromatic heterocycles. The van der Waals surface area contributed by atoms with E-state index in [1.165, 1.54) is 7.11 Å². The van der Waals surface area contributed by atoms with Crippen molar-refractivity contribution in [1.82, 2.24) is 0 Å². The summed E-state index contributed by atoms with van der Waals surface area (Å²) in [7, 11) is 1.27. The molecule has 0 radical (unpaired) electrons. The van der Waals surface area contributed by atoms with Crippen LogP contribution in [0.4, 0.5) is 5.69 Å². The molecule has 5 heteroatoms. The minimum atomic E-state index is -0.726. The molecule has 0 aliphatic heterocycles. The molecule has 94 valence electrons. The van der Waals surface area contributed by atoms with Gasteiger partial charge in [-0.3, -0.25) is 4.79 Å². The van der Waals surface area contributed by atoms with Gasteiger partial charge in [0.15, 0.2) is 0 Å². The predicted octanol–water partition coefficient (Wildman–Crippen LogP) is 1.96. The first-order chi connectivity index (χ1) is 8.63. The van der Waals surface area contributed by atoms with Crippen LogP contribution < -0.4 is 5.32 Å². The van der Waals surface area contributed by atoms with Crippen LogP contribution in [0.5, 0.6) is 0 Å². The molecule has 5 nitrogen and oxygen atoms in total. The van der Waals surface area contributed by atoms with E-state index >= 15 is 0 Å². The Labute approximate surface area is 105 Å². The number of esters is 1. The number of nitrogens with one attached hydrogen (secondary N) is 1. The highest BCUT2D eigenvalue weighted by atomic mass is 16.5. The SMILES string of the molecule is CCC(C#N)C(=O)Nc1ccccc1C(=O)OC. The summed E-state index contributed by atoms with van der Waals surface area (Å²) in [5.74, 6) is -1.68. The number of amides is 1. The molecular formula is C13H14N2O3. The maximum absolute atomic E-state index is 11.8. The first kappa shape index (κ1) is 13.7. The fourth-order valence-corrected chi connectivity index (χ4v) is 1.44. The summed E-state index contributed by atoms with van der Waals surface area (Å²) in [5, 5.41) is 11.4. The predicted molar refractivity (Wildman–Crippen MR) is 65.8 cm³/mol. The zero-order chi connectivity index (χ0) is 13.5. The summed E-state index contributed by atoms with van der Waals surface area (Å²) >= 11 is 0. The number of nitriles is 1. The van der Waals surface area contributed by atoms with E-state index in [0.717, 1.165) is 0 Å². The van der Waals surface area contributed by atoms with Crippen molar-refractivity contribution < 1.29 is 14.3 Å². The van der Waals surface area contributed by atoms with Crippen molar-refractivity contribution in [3.05, 3.63) is 29.8 Å². The summed E-state index contributed by atoms with van der Waals surface area (Å²) in [6.45, 7) is 1.75. The van der Waals surface area contributed by atoms with Gasteiger partial charge in [-0.2, -0.15) is 5.26 Å². The molecule has 0 saturated heterocycles. The average molecular weight is 246 g/mol. The van der Waals surface area contributed by atoms with Crippen LogP contribution in [0.3, 0.4) is 0 Å². The Morgan fingerprint density at radius 2 is 2.11 bits per heavy atom. The van der Waals surface area contributed by atoms with Gasteiger partial charge >= 0.3 is 5.97 Å². The van der Waals surface area contributed by atoms with E-state index in [1.807, 2.05) is 6.07 Å². The smallest absolute Gasteiger partial charge is 0.339 e. The average Bonchev–Trinajstić information content (AvgIpc) is 2.40. The quantitative estimate of drug-likeness (QED) is 0.823. The molecule has 1 amide bonds. The molecule has 1 aromatic rings. The van der Waals surface area contributed by atoms with Crippen LogP contribution >= 0.6 is 0 Å². The Balaban J connectivity index is 2.95. The number of anilines is 1. The number of carbonyl (C=O) groups is 2. The van der Waals surface area contributed by atoms with Crippen LogP contribution in [0.2, 0.25) is 0 Å².